The number of halogens is 1. The highest BCUT2D eigenvalue weighted by molar-refractivity contribution is 14.1. The first kappa shape index (κ1) is 14.2. The maximum atomic E-state index is 11.5. The maximum absolute atomic E-state index is 11.5. The third kappa shape index (κ3) is 3.03. The second-order valence-corrected chi connectivity index (χ2v) is 5.77. The van der Waals surface area contributed by atoms with Crippen LogP contribution in [0.2, 0.25) is 0 Å². The highest BCUT2D eigenvalue weighted by Gasteiger charge is 2.25. The van der Waals surface area contributed by atoms with Crippen molar-refractivity contribution in [3.8, 4) is 11.5 Å². The lowest BCUT2D eigenvalue weighted by Crippen LogP contribution is -2.17. The van der Waals surface area contributed by atoms with Gasteiger partial charge in [0.25, 0.3) is 11.1 Å². The largest absolute Gasteiger partial charge is 0.493 e. The van der Waals surface area contributed by atoms with E-state index in [1.54, 1.807) is 26.4 Å². The van der Waals surface area contributed by atoms with Crippen LogP contribution in [0.5, 0.6) is 11.5 Å². The number of nitrogens with one attached hydrogen (secondary N) is 1. The van der Waals surface area contributed by atoms with Crippen molar-refractivity contribution >= 4 is 51.6 Å². The molecule has 5 nitrogen and oxygen atoms in total. The fourth-order valence-corrected chi connectivity index (χ4v) is 3.12. The van der Waals surface area contributed by atoms with Gasteiger partial charge in [0.1, 0.15) is 0 Å². The molecular formula is C12H10INO4S. The fourth-order valence-electron chi connectivity index (χ4n) is 1.59. The predicted octanol–water partition coefficient (Wildman–Crippen LogP) is 2.63. The lowest BCUT2D eigenvalue weighted by Gasteiger charge is -2.10. The second kappa shape index (κ2) is 5.83. The zero-order valence-corrected chi connectivity index (χ0v) is 13.1. The average Bonchev–Trinajstić information content (AvgIpc) is 2.67. The summed E-state index contributed by atoms with van der Waals surface area (Å²) in [6.45, 7) is 0. The molecule has 0 saturated carbocycles. The summed E-state index contributed by atoms with van der Waals surface area (Å²) >= 11 is 3.01. The Labute approximate surface area is 127 Å². The van der Waals surface area contributed by atoms with Crippen LogP contribution in [-0.2, 0) is 4.79 Å². The topological polar surface area (TPSA) is 64.6 Å². The number of rotatable bonds is 3. The van der Waals surface area contributed by atoms with E-state index >= 15 is 0 Å². The Morgan fingerprint density at radius 2 is 2.00 bits per heavy atom. The van der Waals surface area contributed by atoms with Gasteiger partial charge in [-0.25, -0.2) is 0 Å². The second-order valence-electron chi connectivity index (χ2n) is 3.59. The number of carbonyl (C=O) groups excluding carboxylic acids is 2. The number of ether oxygens (including phenoxy) is 2. The van der Waals surface area contributed by atoms with Crippen LogP contribution in [-0.4, -0.2) is 25.4 Å². The Morgan fingerprint density at radius 3 is 2.53 bits per heavy atom. The van der Waals surface area contributed by atoms with E-state index in [9.17, 15) is 9.59 Å². The lowest BCUT2D eigenvalue weighted by atomic mass is 10.2. The molecule has 1 aromatic rings. The van der Waals surface area contributed by atoms with Gasteiger partial charge >= 0.3 is 0 Å². The molecule has 1 aliphatic rings. The van der Waals surface area contributed by atoms with Crippen LogP contribution in [0.3, 0.4) is 0 Å². The summed E-state index contributed by atoms with van der Waals surface area (Å²) in [7, 11) is 3.11. The van der Waals surface area contributed by atoms with Gasteiger partial charge in [0, 0.05) is 0 Å². The molecule has 100 valence electrons. The van der Waals surface area contributed by atoms with Crippen LogP contribution in [0.15, 0.2) is 17.0 Å². The molecule has 2 rings (SSSR count). The number of carbonyl (C=O) groups is 2. The Kier molecular flexibility index (Phi) is 4.35. The quantitative estimate of drug-likeness (QED) is 0.634. The van der Waals surface area contributed by atoms with Crippen molar-refractivity contribution in [3.63, 3.8) is 0 Å². The summed E-state index contributed by atoms with van der Waals surface area (Å²) < 4.78 is 11.3. The van der Waals surface area contributed by atoms with Crippen molar-refractivity contribution < 1.29 is 19.1 Å². The van der Waals surface area contributed by atoms with Crippen molar-refractivity contribution in [3.05, 3.63) is 26.2 Å². The minimum absolute atomic E-state index is 0.355. The van der Waals surface area contributed by atoms with Gasteiger partial charge < -0.3 is 9.47 Å². The molecular weight excluding hydrogens is 381 g/mol. The molecule has 1 aliphatic heterocycles. The van der Waals surface area contributed by atoms with Crippen molar-refractivity contribution in [1.29, 1.82) is 0 Å². The van der Waals surface area contributed by atoms with Gasteiger partial charge in [0.2, 0.25) is 0 Å². The molecule has 0 aromatic heterocycles. The first-order chi connectivity index (χ1) is 9.05. The Hall–Kier alpha value is -1.22. The third-order valence-electron chi connectivity index (χ3n) is 2.40. The third-order valence-corrected chi connectivity index (χ3v) is 4.01. The highest BCUT2D eigenvalue weighted by atomic mass is 127. The van der Waals surface area contributed by atoms with Gasteiger partial charge in [0.05, 0.1) is 22.7 Å². The first-order valence-electron chi connectivity index (χ1n) is 5.21. The molecule has 0 bridgehead atoms. The van der Waals surface area contributed by atoms with Crippen LogP contribution in [0, 0.1) is 3.57 Å². The van der Waals surface area contributed by atoms with E-state index in [1.807, 2.05) is 6.07 Å². The molecule has 0 aliphatic carbocycles. The molecule has 19 heavy (non-hydrogen) atoms. The van der Waals surface area contributed by atoms with Crippen LogP contribution in [0.4, 0.5) is 4.79 Å². The minimum atomic E-state index is -0.375. The Bertz CT molecular complexity index is 585. The molecule has 7 heteroatoms. The molecule has 1 aromatic carbocycles. The molecule has 2 amide bonds. The Balaban J connectivity index is 2.42. The number of amides is 2. The summed E-state index contributed by atoms with van der Waals surface area (Å²) in [4.78, 5) is 22.9. The number of benzene rings is 1. The molecule has 1 heterocycles. The van der Waals surface area contributed by atoms with E-state index in [2.05, 4.69) is 27.9 Å². The van der Waals surface area contributed by atoms with Gasteiger partial charge in [0.15, 0.2) is 11.5 Å². The predicted molar refractivity (Wildman–Crippen MR) is 81.4 cm³/mol. The molecule has 0 radical (unpaired) electrons. The Morgan fingerprint density at radius 1 is 1.26 bits per heavy atom. The zero-order valence-electron chi connectivity index (χ0n) is 10.2. The summed E-state index contributed by atoms with van der Waals surface area (Å²) in [6.07, 6.45) is 1.65. The summed E-state index contributed by atoms with van der Waals surface area (Å²) in [6, 6.07) is 3.61. The SMILES string of the molecule is COc1cc(C=C2SC(=O)NC2=O)cc(I)c1OC. The summed E-state index contributed by atoms with van der Waals surface area (Å²) in [5, 5.41) is 1.86. The van der Waals surface area contributed by atoms with Crippen LogP contribution >= 0.6 is 34.4 Å². The minimum Gasteiger partial charge on any atom is -0.493 e. The fraction of sp³-hybridized carbons (Fsp3) is 0.167. The molecule has 1 fully saturated rings. The molecule has 0 spiro atoms. The summed E-state index contributed by atoms with van der Waals surface area (Å²) in [5.74, 6) is 0.848. The maximum Gasteiger partial charge on any atom is 0.290 e. The van der Waals surface area contributed by atoms with E-state index < -0.39 is 0 Å². The highest BCUT2D eigenvalue weighted by Crippen LogP contribution is 2.35. The van der Waals surface area contributed by atoms with Crippen molar-refractivity contribution in [2.45, 2.75) is 0 Å². The van der Waals surface area contributed by atoms with Gasteiger partial charge in [-0.3, -0.25) is 14.9 Å². The smallest absolute Gasteiger partial charge is 0.290 e. The van der Waals surface area contributed by atoms with E-state index in [1.165, 1.54) is 0 Å². The molecule has 0 atom stereocenters. The number of methoxy groups -OCH3 is 2. The summed E-state index contributed by atoms with van der Waals surface area (Å²) in [5.41, 5.74) is 0.773. The van der Waals surface area contributed by atoms with Crippen LogP contribution < -0.4 is 14.8 Å². The average molecular weight is 391 g/mol. The van der Waals surface area contributed by atoms with Gasteiger partial charge in [-0.15, -0.1) is 0 Å². The normalized spacial score (nSPS) is 16.7. The van der Waals surface area contributed by atoms with E-state index in [0.717, 1.165) is 20.9 Å². The van der Waals surface area contributed by atoms with Crippen LogP contribution in [0.1, 0.15) is 5.56 Å². The first-order valence-corrected chi connectivity index (χ1v) is 7.11. The monoisotopic (exact) mass is 391 g/mol. The zero-order chi connectivity index (χ0) is 14.0. The number of hydrogen-bond donors (Lipinski definition) is 1. The van der Waals surface area contributed by atoms with Gasteiger partial charge in [-0.05, 0) is 58.1 Å². The van der Waals surface area contributed by atoms with E-state index in [-0.39, 0.29) is 11.1 Å². The van der Waals surface area contributed by atoms with E-state index in [4.69, 9.17) is 9.47 Å². The van der Waals surface area contributed by atoms with Crippen LogP contribution in [0.25, 0.3) is 6.08 Å². The molecule has 1 saturated heterocycles. The van der Waals surface area contributed by atoms with E-state index in [0.29, 0.717) is 16.4 Å². The molecule has 0 unspecified atom stereocenters. The van der Waals surface area contributed by atoms with Crippen molar-refractivity contribution in [2.24, 2.45) is 0 Å². The number of thioether (sulfide) groups is 1. The number of hydrogen-bond acceptors (Lipinski definition) is 5. The van der Waals surface area contributed by atoms with Gasteiger partial charge in [-0.2, -0.15) is 0 Å². The van der Waals surface area contributed by atoms with Gasteiger partial charge in [-0.1, -0.05) is 0 Å². The lowest BCUT2D eigenvalue weighted by molar-refractivity contribution is -0.115. The molecule has 1 N–H and O–H groups in total. The van der Waals surface area contributed by atoms with Crippen molar-refractivity contribution in [2.75, 3.05) is 14.2 Å². The number of imide groups is 1. The van der Waals surface area contributed by atoms with Crippen molar-refractivity contribution in [1.82, 2.24) is 5.32 Å². The standard InChI is InChI=1S/C12H10INO4S/c1-17-8-4-6(3-7(13)10(8)18-2)5-9-11(15)14-12(16)19-9/h3-5H,1-2H3,(H,14,15,16).